The zero-order valence-corrected chi connectivity index (χ0v) is 11.0. The van der Waals surface area contributed by atoms with E-state index in [2.05, 4.69) is 10.1 Å². The molecular weight excluding hydrogens is 292 g/mol. The van der Waals surface area contributed by atoms with Crippen LogP contribution in [0.15, 0.2) is 22.7 Å². The molecule has 0 radical (unpaired) electrons. The molecule has 0 saturated carbocycles. The molecule has 21 heavy (non-hydrogen) atoms. The second kappa shape index (κ2) is 5.80. The molecular formula is C13H12F4N2O2. The predicted molar refractivity (Wildman–Crippen MR) is 64.6 cm³/mol. The van der Waals surface area contributed by atoms with E-state index >= 15 is 0 Å². The molecule has 1 aromatic heterocycles. The highest BCUT2D eigenvalue weighted by molar-refractivity contribution is 5.54. The van der Waals surface area contributed by atoms with E-state index in [1.165, 1.54) is 0 Å². The van der Waals surface area contributed by atoms with Crippen LogP contribution < -0.4 is 0 Å². The molecule has 1 N–H and O–H groups in total. The highest BCUT2D eigenvalue weighted by Crippen LogP contribution is 2.34. The van der Waals surface area contributed by atoms with Crippen LogP contribution in [0.25, 0.3) is 11.5 Å². The summed E-state index contributed by atoms with van der Waals surface area (Å²) < 4.78 is 55.9. The molecule has 0 aliphatic rings. The SMILES string of the molecule is CCCC(O)c1noc(-c2ccc(F)c(C(F)(F)F)c2)n1. The van der Waals surface area contributed by atoms with Gasteiger partial charge in [0.1, 0.15) is 11.9 Å². The summed E-state index contributed by atoms with van der Waals surface area (Å²) in [6.45, 7) is 1.85. The van der Waals surface area contributed by atoms with Crippen molar-refractivity contribution in [1.82, 2.24) is 10.1 Å². The van der Waals surface area contributed by atoms with E-state index in [9.17, 15) is 22.7 Å². The predicted octanol–water partition coefficient (Wildman–Crippen LogP) is 3.73. The van der Waals surface area contributed by atoms with Crippen LogP contribution in [0.5, 0.6) is 0 Å². The zero-order chi connectivity index (χ0) is 15.6. The number of rotatable bonds is 4. The first-order chi connectivity index (χ1) is 9.82. The Morgan fingerprint density at radius 3 is 2.67 bits per heavy atom. The maximum atomic E-state index is 13.2. The number of aliphatic hydroxyl groups is 1. The summed E-state index contributed by atoms with van der Waals surface area (Å²) in [5.74, 6) is -1.59. The van der Waals surface area contributed by atoms with Crippen LogP contribution in [0.4, 0.5) is 17.6 Å². The third kappa shape index (κ3) is 3.38. The van der Waals surface area contributed by atoms with Crippen LogP contribution in [-0.2, 0) is 6.18 Å². The summed E-state index contributed by atoms with van der Waals surface area (Å²) in [7, 11) is 0. The highest BCUT2D eigenvalue weighted by Gasteiger charge is 2.34. The molecule has 1 atom stereocenters. The number of aromatic nitrogens is 2. The van der Waals surface area contributed by atoms with Crippen LogP contribution in [0.3, 0.4) is 0 Å². The van der Waals surface area contributed by atoms with Gasteiger partial charge in [0.05, 0.1) is 5.56 Å². The second-order valence-corrected chi connectivity index (χ2v) is 4.45. The lowest BCUT2D eigenvalue weighted by atomic mass is 10.1. The van der Waals surface area contributed by atoms with Crippen LogP contribution >= 0.6 is 0 Å². The first-order valence-electron chi connectivity index (χ1n) is 6.21. The molecule has 0 aliphatic heterocycles. The molecule has 0 fully saturated rings. The first kappa shape index (κ1) is 15.4. The van der Waals surface area contributed by atoms with E-state index in [-0.39, 0.29) is 17.3 Å². The van der Waals surface area contributed by atoms with Crippen LogP contribution in [0.2, 0.25) is 0 Å². The molecule has 8 heteroatoms. The summed E-state index contributed by atoms with van der Waals surface area (Å²) >= 11 is 0. The average Bonchev–Trinajstić information content (AvgIpc) is 2.88. The van der Waals surface area contributed by atoms with Gasteiger partial charge in [0, 0.05) is 5.56 Å². The van der Waals surface area contributed by atoms with Gasteiger partial charge in [-0.2, -0.15) is 18.2 Å². The number of nitrogens with zero attached hydrogens (tertiary/aromatic N) is 2. The lowest BCUT2D eigenvalue weighted by Crippen LogP contribution is -2.08. The van der Waals surface area contributed by atoms with Crippen molar-refractivity contribution in [1.29, 1.82) is 0 Å². The third-order valence-corrected chi connectivity index (χ3v) is 2.82. The number of hydrogen-bond acceptors (Lipinski definition) is 4. The number of halogens is 4. The fourth-order valence-electron chi connectivity index (χ4n) is 1.77. The molecule has 0 spiro atoms. The zero-order valence-electron chi connectivity index (χ0n) is 11.0. The van der Waals surface area contributed by atoms with Gasteiger partial charge in [0.2, 0.25) is 5.82 Å². The molecule has 1 heterocycles. The van der Waals surface area contributed by atoms with Gasteiger partial charge in [-0.05, 0) is 24.6 Å². The Hall–Kier alpha value is -1.96. The minimum atomic E-state index is -4.81. The standard InChI is InChI=1S/C13H12F4N2O2/c1-2-3-10(20)11-18-12(21-19-11)7-4-5-9(14)8(6-7)13(15,16)17/h4-6,10,20H,2-3H2,1H3. The molecule has 0 saturated heterocycles. The van der Waals surface area contributed by atoms with Gasteiger partial charge < -0.3 is 9.63 Å². The van der Waals surface area contributed by atoms with Crippen molar-refractivity contribution >= 4 is 0 Å². The Balaban J connectivity index is 2.35. The Bertz CT molecular complexity index is 625. The molecule has 114 valence electrons. The Morgan fingerprint density at radius 1 is 1.33 bits per heavy atom. The number of aliphatic hydroxyl groups excluding tert-OH is 1. The minimum absolute atomic E-state index is 0.00951. The van der Waals surface area contributed by atoms with E-state index in [1.54, 1.807) is 0 Å². The van der Waals surface area contributed by atoms with Gasteiger partial charge in [-0.25, -0.2) is 4.39 Å². The highest BCUT2D eigenvalue weighted by atomic mass is 19.4. The van der Waals surface area contributed by atoms with Crippen molar-refractivity contribution in [2.75, 3.05) is 0 Å². The largest absolute Gasteiger partial charge is 0.419 e. The van der Waals surface area contributed by atoms with Gasteiger partial charge in [-0.1, -0.05) is 18.5 Å². The summed E-state index contributed by atoms with van der Waals surface area (Å²) in [5.41, 5.74) is -1.47. The molecule has 4 nitrogen and oxygen atoms in total. The molecule has 1 aromatic carbocycles. The molecule has 2 rings (SSSR count). The fourth-order valence-corrected chi connectivity index (χ4v) is 1.77. The van der Waals surface area contributed by atoms with E-state index in [1.807, 2.05) is 6.92 Å². The number of alkyl halides is 3. The van der Waals surface area contributed by atoms with Crippen molar-refractivity contribution in [2.45, 2.75) is 32.0 Å². The van der Waals surface area contributed by atoms with E-state index in [4.69, 9.17) is 4.52 Å². The van der Waals surface area contributed by atoms with Crippen molar-refractivity contribution in [3.8, 4) is 11.5 Å². The Morgan fingerprint density at radius 2 is 2.05 bits per heavy atom. The van der Waals surface area contributed by atoms with Gasteiger partial charge in [0.15, 0.2) is 0 Å². The average molecular weight is 304 g/mol. The van der Waals surface area contributed by atoms with Crippen LogP contribution in [0, 0.1) is 5.82 Å². The Labute approximate surface area is 117 Å². The monoisotopic (exact) mass is 304 g/mol. The Kier molecular flexibility index (Phi) is 4.26. The van der Waals surface area contributed by atoms with Crippen molar-refractivity contribution in [3.63, 3.8) is 0 Å². The lowest BCUT2D eigenvalue weighted by molar-refractivity contribution is -0.139. The van der Waals surface area contributed by atoms with Crippen molar-refractivity contribution in [2.24, 2.45) is 0 Å². The topological polar surface area (TPSA) is 59.2 Å². The summed E-state index contributed by atoms with van der Waals surface area (Å²) in [5, 5.41) is 13.2. The normalized spacial score (nSPS) is 13.4. The van der Waals surface area contributed by atoms with E-state index < -0.39 is 23.7 Å². The molecule has 0 amide bonds. The maximum Gasteiger partial charge on any atom is 0.419 e. The molecule has 0 bridgehead atoms. The fraction of sp³-hybridized carbons (Fsp3) is 0.385. The van der Waals surface area contributed by atoms with Crippen molar-refractivity contribution < 1.29 is 27.2 Å². The van der Waals surface area contributed by atoms with Crippen LogP contribution in [0.1, 0.15) is 37.3 Å². The molecule has 2 aromatic rings. The smallest absolute Gasteiger partial charge is 0.385 e. The molecule has 1 unspecified atom stereocenters. The summed E-state index contributed by atoms with van der Waals surface area (Å²) in [6, 6.07) is 2.39. The van der Waals surface area contributed by atoms with Gasteiger partial charge >= 0.3 is 6.18 Å². The lowest BCUT2D eigenvalue weighted by Gasteiger charge is -2.08. The van der Waals surface area contributed by atoms with Gasteiger partial charge in [-0.15, -0.1) is 0 Å². The third-order valence-electron chi connectivity index (χ3n) is 2.82. The van der Waals surface area contributed by atoms with E-state index in [0.29, 0.717) is 25.0 Å². The van der Waals surface area contributed by atoms with Crippen molar-refractivity contribution in [3.05, 3.63) is 35.4 Å². The van der Waals surface area contributed by atoms with Crippen LogP contribution in [-0.4, -0.2) is 15.2 Å². The van der Waals surface area contributed by atoms with Gasteiger partial charge in [0.25, 0.3) is 5.89 Å². The summed E-state index contributed by atoms with van der Waals surface area (Å²) in [6.07, 6.45) is -4.68. The quantitative estimate of drug-likeness (QED) is 0.874. The number of hydrogen-bond donors (Lipinski definition) is 1. The molecule has 0 aliphatic carbocycles. The minimum Gasteiger partial charge on any atom is -0.385 e. The first-order valence-corrected chi connectivity index (χ1v) is 6.21. The summed E-state index contributed by atoms with van der Waals surface area (Å²) in [4.78, 5) is 3.83. The number of benzene rings is 1. The maximum absolute atomic E-state index is 13.2. The van der Waals surface area contributed by atoms with Gasteiger partial charge in [-0.3, -0.25) is 0 Å². The van der Waals surface area contributed by atoms with E-state index in [0.717, 1.165) is 6.07 Å². The second-order valence-electron chi connectivity index (χ2n) is 4.45.